The van der Waals surface area contributed by atoms with Gasteiger partial charge in [-0.3, -0.25) is 14.8 Å². The van der Waals surface area contributed by atoms with E-state index >= 15 is 0 Å². The van der Waals surface area contributed by atoms with Crippen LogP contribution in [0.25, 0.3) is 11.3 Å². The van der Waals surface area contributed by atoms with Crippen LogP contribution >= 0.6 is 0 Å². The van der Waals surface area contributed by atoms with Crippen molar-refractivity contribution in [2.75, 3.05) is 0 Å². The number of hydrogen-bond acceptors (Lipinski definition) is 4. The van der Waals surface area contributed by atoms with Gasteiger partial charge in [-0.05, 0) is 18.2 Å². The number of nitrogens with zero attached hydrogens (tertiary/aromatic N) is 2. The van der Waals surface area contributed by atoms with Crippen LogP contribution in [0.2, 0.25) is 0 Å². The number of alkyl halides is 3. The predicted molar refractivity (Wildman–Crippen MR) is 84.1 cm³/mol. The molecule has 0 spiro atoms. The van der Waals surface area contributed by atoms with Gasteiger partial charge in [0.2, 0.25) is 5.91 Å². The third-order valence-corrected chi connectivity index (χ3v) is 2.97. The molecule has 0 radical (unpaired) electrons. The van der Waals surface area contributed by atoms with Crippen LogP contribution in [0.15, 0.2) is 36.9 Å². The third kappa shape index (κ3) is 6.81. The topological polar surface area (TPSA) is 64.1 Å². The van der Waals surface area contributed by atoms with E-state index < -0.39 is 6.36 Å². The Morgan fingerprint density at radius 2 is 1.96 bits per heavy atom. The van der Waals surface area contributed by atoms with E-state index in [0.717, 1.165) is 6.08 Å². The predicted octanol–water partition coefficient (Wildman–Crippen LogP) is 3.02. The minimum absolute atomic E-state index is 0. The fourth-order valence-electron chi connectivity index (χ4n) is 1.89. The molecule has 26 heavy (non-hydrogen) atoms. The van der Waals surface area contributed by atoms with E-state index in [0.29, 0.717) is 29.2 Å². The quantitative estimate of drug-likeness (QED) is 0.417. The second kappa shape index (κ2) is 9.74. The summed E-state index contributed by atoms with van der Waals surface area (Å²) in [5.74, 6) is -0.373. The average molecular weight is 587 g/mol. The van der Waals surface area contributed by atoms with Crippen LogP contribution in [0.1, 0.15) is 11.5 Å². The van der Waals surface area contributed by atoms with E-state index in [1.54, 1.807) is 0 Å². The molecular formula is C17H14F3N3O2U. The van der Waals surface area contributed by atoms with E-state index in [2.05, 4.69) is 39.6 Å². The van der Waals surface area contributed by atoms with Gasteiger partial charge in [-0.15, -0.1) is 30.9 Å². The van der Waals surface area contributed by atoms with Gasteiger partial charge < -0.3 is 17.0 Å². The summed E-state index contributed by atoms with van der Waals surface area (Å²) in [4.78, 5) is 19.7. The Labute approximate surface area is 172 Å². The Hall–Kier alpha value is -1.85. The van der Waals surface area contributed by atoms with Crippen LogP contribution in [0.5, 0.6) is 5.75 Å². The first-order valence-corrected chi connectivity index (χ1v) is 7.15. The number of amides is 1. The van der Waals surface area contributed by atoms with E-state index in [9.17, 15) is 18.0 Å². The molecule has 0 saturated heterocycles. The molecule has 134 valence electrons. The van der Waals surface area contributed by atoms with Gasteiger partial charge in [0.05, 0.1) is 6.54 Å². The van der Waals surface area contributed by atoms with Crippen molar-refractivity contribution in [1.29, 1.82) is 0 Å². The van der Waals surface area contributed by atoms with Gasteiger partial charge in [0, 0.05) is 0 Å². The number of hydrogen-bond donors (Lipinski definition) is 1. The van der Waals surface area contributed by atoms with Gasteiger partial charge in [0.25, 0.3) is 0 Å². The molecular weight excluding hydrogens is 573 g/mol. The zero-order valence-corrected chi connectivity index (χ0v) is 17.7. The van der Waals surface area contributed by atoms with Gasteiger partial charge in [-0.25, -0.2) is 6.07 Å². The monoisotopic (exact) mass is 587 g/mol. The van der Waals surface area contributed by atoms with E-state index in [-0.39, 0.29) is 49.3 Å². The van der Waals surface area contributed by atoms with E-state index in [4.69, 9.17) is 0 Å². The van der Waals surface area contributed by atoms with Crippen molar-refractivity contribution >= 4 is 5.91 Å². The number of benzene rings is 1. The van der Waals surface area contributed by atoms with Crippen molar-refractivity contribution in [2.24, 2.45) is 0 Å². The number of carbonyl (C=O) groups excluding carboxylic acids is 1. The molecule has 5 nitrogen and oxygen atoms in total. The van der Waals surface area contributed by atoms with E-state index in [1.165, 1.54) is 24.3 Å². The van der Waals surface area contributed by atoms with Crippen molar-refractivity contribution in [3.05, 3.63) is 61.4 Å². The van der Waals surface area contributed by atoms with Crippen LogP contribution in [0.3, 0.4) is 0 Å². The van der Waals surface area contributed by atoms with E-state index in [1.807, 2.05) is 0 Å². The van der Waals surface area contributed by atoms with Crippen LogP contribution in [-0.2, 0) is 17.8 Å². The molecule has 1 heterocycles. The molecule has 0 aliphatic heterocycles. The minimum atomic E-state index is -4.75. The molecule has 0 aliphatic carbocycles. The first kappa shape index (κ1) is 22.2. The summed E-state index contributed by atoms with van der Waals surface area (Å²) in [7, 11) is 0. The largest absolute Gasteiger partial charge is 2.00 e. The van der Waals surface area contributed by atoms with Crippen LogP contribution in [0.4, 0.5) is 13.2 Å². The first-order valence-electron chi connectivity index (χ1n) is 7.15. The Morgan fingerprint density at radius 3 is 2.50 bits per heavy atom. The number of rotatable bonds is 6. The molecule has 0 atom stereocenters. The molecule has 0 bridgehead atoms. The number of nitrogens with one attached hydrogen (secondary N) is 1. The smallest absolute Gasteiger partial charge is 0.406 e. The van der Waals surface area contributed by atoms with Gasteiger partial charge in [-0.1, -0.05) is 18.0 Å². The Morgan fingerprint density at radius 1 is 1.31 bits per heavy atom. The summed E-state index contributed by atoms with van der Waals surface area (Å²) in [6.07, 6.45) is -3.29. The van der Waals surface area contributed by atoms with Crippen molar-refractivity contribution in [1.82, 2.24) is 15.3 Å². The number of aromatic nitrogens is 2. The molecule has 1 aromatic heterocycles. The van der Waals surface area contributed by atoms with Crippen molar-refractivity contribution in [3.63, 3.8) is 0 Å². The summed E-state index contributed by atoms with van der Waals surface area (Å²) in [5.41, 5.74) is 1.43. The molecule has 9 heteroatoms. The van der Waals surface area contributed by atoms with Crippen molar-refractivity contribution in [3.8, 4) is 17.0 Å². The standard InChI is InChI=1S/C17H14F3N3O2.U/c1-3-12-9-14(23-15(22-12)10-21-16(24)4-2)11-5-7-13(8-6-11)25-17(18,19)20;/h4-8H,1-3,10H2,(H,21,24);/q-2;+2. The molecule has 1 N–H and O–H groups in total. The summed E-state index contributed by atoms with van der Waals surface area (Å²) in [6.45, 7) is 7.15. The van der Waals surface area contributed by atoms with Crippen LogP contribution in [0, 0.1) is 44.1 Å². The molecule has 1 amide bonds. The van der Waals surface area contributed by atoms with Gasteiger partial charge in [-0.2, -0.15) is 6.42 Å². The number of halogens is 3. The summed E-state index contributed by atoms with van der Waals surface area (Å²) in [5, 5.41) is 2.55. The minimum Gasteiger partial charge on any atom is -0.406 e. The fraction of sp³-hybridized carbons (Fsp3) is 0.176. The number of carbonyl (C=O) groups is 1. The molecule has 2 rings (SSSR count). The van der Waals surface area contributed by atoms with Crippen molar-refractivity contribution < 1.29 is 53.8 Å². The maximum absolute atomic E-state index is 12.2. The zero-order chi connectivity index (χ0) is 18.4. The second-order valence-electron chi connectivity index (χ2n) is 4.80. The molecule has 2 aromatic rings. The maximum atomic E-state index is 12.2. The SMILES string of the molecule is C=CC(=O)NCc1nc(C[CH2-])[c-]c(-c2ccc(OC(F)(F)F)cc2)n1.[U+2]. The molecule has 0 unspecified atom stereocenters. The Balaban J connectivity index is 0.00000338. The maximum Gasteiger partial charge on any atom is 2.00 e. The normalized spacial score (nSPS) is 10.6. The van der Waals surface area contributed by atoms with Gasteiger partial charge in [0.15, 0.2) is 0 Å². The Kier molecular flexibility index (Phi) is 8.31. The number of ether oxygens (including phenoxy) is 1. The second-order valence-corrected chi connectivity index (χ2v) is 4.80. The first-order chi connectivity index (χ1) is 11.8. The summed E-state index contributed by atoms with van der Waals surface area (Å²) >= 11 is 0. The fourth-order valence-corrected chi connectivity index (χ4v) is 1.89. The molecule has 0 saturated carbocycles. The summed E-state index contributed by atoms with van der Waals surface area (Å²) in [6, 6.07) is 8.16. The van der Waals surface area contributed by atoms with Gasteiger partial charge in [0.1, 0.15) is 11.6 Å². The van der Waals surface area contributed by atoms with Crippen LogP contribution in [-0.4, -0.2) is 22.2 Å². The molecule has 0 aliphatic rings. The zero-order valence-electron chi connectivity index (χ0n) is 13.6. The molecule has 1 aromatic carbocycles. The average Bonchev–Trinajstić information content (AvgIpc) is 2.58. The summed E-state index contributed by atoms with van der Waals surface area (Å²) < 4.78 is 40.4. The third-order valence-electron chi connectivity index (χ3n) is 2.97. The Bertz CT molecular complexity index is 765. The van der Waals surface area contributed by atoms with Crippen molar-refractivity contribution in [2.45, 2.75) is 19.3 Å². The van der Waals surface area contributed by atoms with Crippen LogP contribution < -0.4 is 10.1 Å². The molecule has 0 fully saturated rings. The van der Waals surface area contributed by atoms with Gasteiger partial charge >= 0.3 is 37.5 Å².